The van der Waals surface area contributed by atoms with Gasteiger partial charge in [0.25, 0.3) is 0 Å². The van der Waals surface area contributed by atoms with Crippen LogP contribution in [0, 0.1) is 0 Å². The number of fused-ring (bicyclic) bond motifs is 1. The Bertz CT molecular complexity index is 724. The summed E-state index contributed by atoms with van der Waals surface area (Å²) < 4.78 is 8.51. The molecule has 0 aliphatic carbocycles. The second-order valence-electron chi connectivity index (χ2n) is 4.13. The predicted octanol–water partition coefficient (Wildman–Crippen LogP) is 3.38. The van der Waals surface area contributed by atoms with Gasteiger partial charge in [0.15, 0.2) is 0 Å². The molecular formula is C14H11BrN2O2. The number of benzene rings is 1. The minimum atomic E-state index is 0.191. The fraction of sp³-hybridized carbons (Fsp3) is 0.0714. The number of imidazole rings is 1. The van der Waals surface area contributed by atoms with Crippen molar-refractivity contribution in [2.75, 3.05) is 0 Å². The summed E-state index contributed by atoms with van der Waals surface area (Å²) in [7, 11) is 0. The van der Waals surface area contributed by atoms with Gasteiger partial charge in [0, 0.05) is 22.9 Å². The molecule has 0 radical (unpaired) electrons. The quantitative estimate of drug-likeness (QED) is 0.805. The Hall–Kier alpha value is -2.01. The zero-order chi connectivity index (χ0) is 13.2. The van der Waals surface area contributed by atoms with E-state index in [-0.39, 0.29) is 5.75 Å². The van der Waals surface area contributed by atoms with Crippen LogP contribution in [0.3, 0.4) is 0 Å². The lowest BCUT2D eigenvalue weighted by Crippen LogP contribution is -1.95. The van der Waals surface area contributed by atoms with Crippen LogP contribution in [0.4, 0.5) is 0 Å². The molecule has 3 rings (SSSR count). The Balaban J connectivity index is 1.78. The van der Waals surface area contributed by atoms with E-state index >= 15 is 0 Å². The smallest absolute Gasteiger partial charge is 0.138 e. The van der Waals surface area contributed by atoms with Crippen molar-refractivity contribution in [1.82, 2.24) is 9.38 Å². The Morgan fingerprint density at radius 3 is 3.00 bits per heavy atom. The highest BCUT2D eigenvalue weighted by Crippen LogP contribution is 2.19. The van der Waals surface area contributed by atoms with Gasteiger partial charge in [-0.15, -0.1) is 0 Å². The van der Waals surface area contributed by atoms with Crippen molar-refractivity contribution < 1.29 is 9.84 Å². The second-order valence-corrected chi connectivity index (χ2v) is 5.04. The predicted molar refractivity (Wildman–Crippen MR) is 75.3 cm³/mol. The van der Waals surface area contributed by atoms with Gasteiger partial charge in [-0.2, -0.15) is 0 Å². The lowest BCUT2D eigenvalue weighted by molar-refractivity contribution is 0.300. The molecule has 0 amide bonds. The van der Waals surface area contributed by atoms with Gasteiger partial charge in [0.1, 0.15) is 23.8 Å². The van der Waals surface area contributed by atoms with Crippen molar-refractivity contribution in [3.63, 3.8) is 0 Å². The van der Waals surface area contributed by atoms with Gasteiger partial charge < -0.3 is 14.2 Å². The molecule has 2 aromatic heterocycles. The molecule has 0 saturated carbocycles. The van der Waals surface area contributed by atoms with Crippen LogP contribution in [0.5, 0.6) is 11.5 Å². The standard InChI is InChI=1S/C14H11BrN2O2/c15-10-4-5-17-8-11(16-14(17)6-10)9-19-13-3-1-2-12(18)7-13/h1-8,18H,9H2. The molecule has 0 fully saturated rings. The topological polar surface area (TPSA) is 46.8 Å². The summed E-state index contributed by atoms with van der Waals surface area (Å²) in [5, 5.41) is 9.35. The summed E-state index contributed by atoms with van der Waals surface area (Å²) in [6.45, 7) is 0.364. The maximum absolute atomic E-state index is 9.35. The molecule has 0 unspecified atom stereocenters. The molecule has 3 aromatic rings. The fourth-order valence-corrected chi connectivity index (χ4v) is 2.13. The first-order valence-corrected chi connectivity index (χ1v) is 6.55. The van der Waals surface area contributed by atoms with Crippen LogP contribution in [0.25, 0.3) is 5.65 Å². The van der Waals surface area contributed by atoms with Crippen LogP contribution in [0.1, 0.15) is 5.69 Å². The molecule has 0 aliphatic heterocycles. The van der Waals surface area contributed by atoms with E-state index in [2.05, 4.69) is 20.9 Å². The summed E-state index contributed by atoms with van der Waals surface area (Å²) in [6, 6.07) is 10.6. The zero-order valence-corrected chi connectivity index (χ0v) is 11.5. The molecule has 96 valence electrons. The van der Waals surface area contributed by atoms with Crippen LogP contribution in [-0.4, -0.2) is 14.5 Å². The van der Waals surface area contributed by atoms with Crippen molar-refractivity contribution in [3.8, 4) is 11.5 Å². The molecule has 0 spiro atoms. The van der Waals surface area contributed by atoms with E-state index in [0.29, 0.717) is 12.4 Å². The molecule has 0 saturated heterocycles. The summed E-state index contributed by atoms with van der Waals surface area (Å²) in [6.07, 6.45) is 3.86. The molecule has 2 heterocycles. The van der Waals surface area contributed by atoms with E-state index in [0.717, 1.165) is 15.8 Å². The van der Waals surface area contributed by atoms with Gasteiger partial charge in [-0.3, -0.25) is 0 Å². The Labute approximate surface area is 118 Å². The Morgan fingerprint density at radius 1 is 1.26 bits per heavy atom. The van der Waals surface area contributed by atoms with E-state index in [1.54, 1.807) is 24.3 Å². The highest BCUT2D eigenvalue weighted by molar-refractivity contribution is 9.10. The summed E-state index contributed by atoms with van der Waals surface area (Å²) >= 11 is 3.41. The first kappa shape index (κ1) is 12.0. The first-order chi connectivity index (χ1) is 9.20. The van der Waals surface area contributed by atoms with Crippen molar-refractivity contribution in [1.29, 1.82) is 0 Å². The molecule has 5 heteroatoms. The van der Waals surface area contributed by atoms with E-state index in [1.165, 1.54) is 0 Å². The fourth-order valence-electron chi connectivity index (χ4n) is 1.81. The lowest BCUT2D eigenvalue weighted by Gasteiger charge is -2.03. The number of ether oxygens (including phenoxy) is 1. The number of aromatic nitrogens is 2. The summed E-state index contributed by atoms with van der Waals surface area (Å²) in [5.74, 6) is 0.815. The van der Waals surface area contributed by atoms with Crippen molar-refractivity contribution in [2.24, 2.45) is 0 Å². The largest absolute Gasteiger partial charge is 0.508 e. The van der Waals surface area contributed by atoms with Crippen LogP contribution in [0.15, 0.2) is 53.3 Å². The molecule has 1 N–H and O–H groups in total. The highest BCUT2D eigenvalue weighted by atomic mass is 79.9. The third-order valence-electron chi connectivity index (χ3n) is 2.68. The molecule has 19 heavy (non-hydrogen) atoms. The molecular weight excluding hydrogens is 308 g/mol. The SMILES string of the molecule is Oc1cccc(OCc2cn3ccc(Br)cc3n2)c1. The maximum Gasteiger partial charge on any atom is 0.138 e. The number of aromatic hydroxyl groups is 1. The van der Waals surface area contributed by atoms with Gasteiger partial charge in [-0.05, 0) is 24.3 Å². The number of nitrogens with zero attached hydrogens (tertiary/aromatic N) is 2. The van der Waals surface area contributed by atoms with Gasteiger partial charge >= 0.3 is 0 Å². The number of phenols is 1. The number of rotatable bonds is 3. The zero-order valence-electron chi connectivity index (χ0n) is 9.95. The Kier molecular flexibility index (Phi) is 3.13. The van der Waals surface area contributed by atoms with E-state index in [1.807, 2.05) is 28.9 Å². The maximum atomic E-state index is 9.35. The highest BCUT2D eigenvalue weighted by Gasteiger charge is 2.03. The molecule has 4 nitrogen and oxygen atoms in total. The summed E-state index contributed by atoms with van der Waals surface area (Å²) in [5.41, 5.74) is 1.70. The van der Waals surface area contributed by atoms with E-state index in [4.69, 9.17) is 4.74 Å². The Morgan fingerprint density at radius 2 is 2.16 bits per heavy atom. The number of hydrogen-bond donors (Lipinski definition) is 1. The van der Waals surface area contributed by atoms with E-state index in [9.17, 15) is 5.11 Å². The van der Waals surface area contributed by atoms with Crippen molar-refractivity contribution in [2.45, 2.75) is 6.61 Å². The minimum absolute atomic E-state index is 0.191. The van der Waals surface area contributed by atoms with Crippen LogP contribution < -0.4 is 4.74 Å². The van der Waals surface area contributed by atoms with Crippen molar-refractivity contribution in [3.05, 3.63) is 59.0 Å². The van der Waals surface area contributed by atoms with Gasteiger partial charge in [0.2, 0.25) is 0 Å². The number of halogens is 1. The van der Waals surface area contributed by atoms with Gasteiger partial charge in [-0.1, -0.05) is 22.0 Å². The normalized spacial score (nSPS) is 10.8. The van der Waals surface area contributed by atoms with Crippen LogP contribution >= 0.6 is 15.9 Å². The third-order valence-corrected chi connectivity index (χ3v) is 3.17. The first-order valence-electron chi connectivity index (χ1n) is 5.76. The monoisotopic (exact) mass is 318 g/mol. The number of phenolic OH excluding ortho intramolecular Hbond substituents is 1. The van der Waals surface area contributed by atoms with Gasteiger partial charge in [0.05, 0.1) is 5.69 Å². The van der Waals surface area contributed by atoms with Crippen LogP contribution in [0.2, 0.25) is 0 Å². The van der Waals surface area contributed by atoms with E-state index < -0.39 is 0 Å². The number of pyridine rings is 1. The summed E-state index contributed by atoms with van der Waals surface area (Å²) in [4.78, 5) is 4.46. The van der Waals surface area contributed by atoms with Crippen molar-refractivity contribution >= 4 is 21.6 Å². The van der Waals surface area contributed by atoms with Gasteiger partial charge in [-0.25, -0.2) is 4.98 Å². The minimum Gasteiger partial charge on any atom is -0.508 e. The third kappa shape index (κ3) is 2.71. The molecule has 1 aromatic carbocycles. The molecule has 0 bridgehead atoms. The second kappa shape index (κ2) is 4.93. The average molecular weight is 319 g/mol. The van der Waals surface area contributed by atoms with Crippen LogP contribution in [-0.2, 0) is 6.61 Å². The number of hydrogen-bond acceptors (Lipinski definition) is 3. The lowest BCUT2D eigenvalue weighted by atomic mass is 10.3. The molecule has 0 aliphatic rings. The average Bonchev–Trinajstić information content (AvgIpc) is 2.78. The molecule has 0 atom stereocenters.